The van der Waals surface area contributed by atoms with E-state index in [-0.39, 0.29) is 5.82 Å². The Morgan fingerprint density at radius 3 is 2.54 bits per heavy atom. The Balaban J connectivity index is 2.68. The van der Waals surface area contributed by atoms with Crippen molar-refractivity contribution >= 4 is 25.5 Å². The zero-order valence-electron chi connectivity index (χ0n) is 7.34. The predicted molar refractivity (Wildman–Crippen MR) is 55.2 cm³/mol. The van der Waals surface area contributed by atoms with Gasteiger partial charge in [-0.25, -0.2) is 4.39 Å². The van der Waals surface area contributed by atoms with Gasteiger partial charge < -0.3 is 0 Å². The summed E-state index contributed by atoms with van der Waals surface area (Å²) in [4.78, 5) is 0. The normalized spacial score (nSPS) is 10.6. The van der Waals surface area contributed by atoms with E-state index < -0.39 is 0 Å². The Morgan fingerprint density at radius 2 is 1.77 bits per heavy atom. The Labute approximate surface area is 79.2 Å². The van der Waals surface area contributed by atoms with Crippen LogP contribution in [0, 0.1) is 5.82 Å². The second-order valence-electron chi connectivity index (χ2n) is 2.96. The summed E-state index contributed by atoms with van der Waals surface area (Å²) in [6.07, 6.45) is 0. The molecule has 0 heterocycles. The fourth-order valence-corrected chi connectivity index (χ4v) is 1.92. The molecule has 2 radical (unpaired) electrons. The molecule has 0 aliphatic heterocycles. The summed E-state index contributed by atoms with van der Waals surface area (Å²) in [5.41, 5.74) is 0. The second-order valence-corrected chi connectivity index (χ2v) is 4.03. The number of hydrogen-bond acceptors (Lipinski definition) is 0. The molecule has 0 unspecified atom stereocenters. The molecule has 13 heavy (non-hydrogen) atoms. The third-order valence-corrected chi connectivity index (χ3v) is 2.98. The van der Waals surface area contributed by atoms with E-state index in [1.807, 2.05) is 12.1 Å². The molecule has 2 rings (SSSR count). The van der Waals surface area contributed by atoms with E-state index in [2.05, 4.69) is 18.7 Å². The maximum Gasteiger partial charge on any atom is 0.123 e. The second kappa shape index (κ2) is 3.30. The van der Waals surface area contributed by atoms with Crippen LogP contribution < -0.4 is 5.19 Å². The molecule has 64 valence electrons. The maximum atomic E-state index is 12.9. The first-order valence-corrected chi connectivity index (χ1v) is 5.67. The van der Waals surface area contributed by atoms with Crippen LogP contribution >= 0.6 is 0 Å². The van der Waals surface area contributed by atoms with Crippen molar-refractivity contribution in [3.05, 3.63) is 42.2 Å². The molecular formula is C11H9FSi. The van der Waals surface area contributed by atoms with E-state index in [0.29, 0.717) is 0 Å². The van der Waals surface area contributed by atoms with Crippen molar-refractivity contribution in [1.82, 2.24) is 0 Å². The van der Waals surface area contributed by atoms with Crippen molar-refractivity contribution in [3.8, 4) is 0 Å². The van der Waals surface area contributed by atoms with Crippen LogP contribution in [0.1, 0.15) is 0 Å². The van der Waals surface area contributed by atoms with Gasteiger partial charge in [0.25, 0.3) is 0 Å². The van der Waals surface area contributed by atoms with Gasteiger partial charge in [-0.05, 0) is 22.9 Å². The van der Waals surface area contributed by atoms with Crippen LogP contribution in [0.4, 0.5) is 4.39 Å². The summed E-state index contributed by atoms with van der Waals surface area (Å²) in [5.74, 6) is -0.163. The number of hydrogen-bond donors (Lipinski definition) is 0. The first kappa shape index (κ1) is 8.45. The Morgan fingerprint density at radius 1 is 1.00 bits per heavy atom. The van der Waals surface area contributed by atoms with E-state index in [4.69, 9.17) is 0 Å². The number of benzene rings is 2. The molecule has 0 fully saturated rings. The summed E-state index contributed by atoms with van der Waals surface area (Å²) in [6.45, 7) is 2.13. The average Bonchev–Trinajstić information content (AvgIpc) is 2.16. The zero-order chi connectivity index (χ0) is 9.26. The number of halogens is 1. The Kier molecular flexibility index (Phi) is 2.15. The third-order valence-electron chi connectivity index (χ3n) is 2.09. The van der Waals surface area contributed by atoms with Crippen LogP contribution in [-0.4, -0.2) is 9.52 Å². The summed E-state index contributed by atoms with van der Waals surface area (Å²) in [7, 11) is 0.768. The minimum atomic E-state index is -0.163. The summed E-state index contributed by atoms with van der Waals surface area (Å²) >= 11 is 0. The van der Waals surface area contributed by atoms with Crippen LogP contribution in [0.2, 0.25) is 6.55 Å². The van der Waals surface area contributed by atoms with Crippen LogP contribution in [0.5, 0.6) is 0 Å². The molecule has 0 saturated heterocycles. The van der Waals surface area contributed by atoms with Gasteiger partial charge in [0.05, 0.1) is 9.52 Å². The lowest BCUT2D eigenvalue weighted by Gasteiger charge is -2.00. The molecule has 0 atom stereocenters. The SMILES string of the molecule is C[Si]c1ccc2ccc(F)cc2c1. The third kappa shape index (κ3) is 1.63. The fourth-order valence-electron chi connectivity index (χ4n) is 1.37. The highest BCUT2D eigenvalue weighted by molar-refractivity contribution is 6.52. The van der Waals surface area contributed by atoms with Crippen molar-refractivity contribution in [2.45, 2.75) is 6.55 Å². The quantitative estimate of drug-likeness (QED) is 0.603. The Hall–Kier alpha value is -1.15. The zero-order valence-corrected chi connectivity index (χ0v) is 8.34. The minimum absolute atomic E-state index is 0.163. The number of rotatable bonds is 1. The van der Waals surface area contributed by atoms with Gasteiger partial charge in [-0.1, -0.05) is 36.0 Å². The lowest BCUT2D eigenvalue weighted by atomic mass is 10.1. The van der Waals surface area contributed by atoms with E-state index in [1.54, 1.807) is 6.07 Å². The van der Waals surface area contributed by atoms with Crippen molar-refractivity contribution in [2.75, 3.05) is 0 Å². The molecule has 0 N–H and O–H groups in total. The van der Waals surface area contributed by atoms with Gasteiger partial charge >= 0.3 is 0 Å². The van der Waals surface area contributed by atoms with Gasteiger partial charge in [-0.3, -0.25) is 0 Å². The summed E-state index contributed by atoms with van der Waals surface area (Å²) < 4.78 is 12.9. The monoisotopic (exact) mass is 188 g/mol. The minimum Gasteiger partial charge on any atom is -0.207 e. The first-order chi connectivity index (χ1) is 6.29. The lowest BCUT2D eigenvalue weighted by Crippen LogP contribution is -2.08. The summed E-state index contributed by atoms with van der Waals surface area (Å²) in [6, 6.07) is 11.1. The van der Waals surface area contributed by atoms with E-state index in [9.17, 15) is 4.39 Å². The van der Waals surface area contributed by atoms with Crippen LogP contribution in [0.3, 0.4) is 0 Å². The van der Waals surface area contributed by atoms with Crippen molar-refractivity contribution < 1.29 is 4.39 Å². The molecule has 2 heteroatoms. The Bertz CT molecular complexity index is 437. The molecule has 2 aromatic carbocycles. The largest absolute Gasteiger partial charge is 0.207 e. The average molecular weight is 188 g/mol. The molecule has 0 aromatic heterocycles. The van der Waals surface area contributed by atoms with Gasteiger partial charge in [0.15, 0.2) is 0 Å². The molecule has 2 aromatic rings. The van der Waals surface area contributed by atoms with Gasteiger partial charge in [0, 0.05) is 0 Å². The molecule has 0 spiro atoms. The smallest absolute Gasteiger partial charge is 0.123 e. The maximum absolute atomic E-state index is 12.9. The molecular weight excluding hydrogens is 179 g/mol. The highest BCUT2D eigenvalue weighted by Gasteiger charge is 1.96. The van der Waals surface area contributed by atoms with Crippen LogP contribution in [0.15, 0.2) is 36.4 Å². The fraction of sp³-hybridized carbons (Fsp3) is 0.0909. The predicted octanol–water partition coefficient (Wildman–Crippen LogP) is 2.36. The van der Waals surface area contributed by atoms with Crippen molar-refractivity contribution in [3.63, 3.8) is 0 Å². The highest BCUT2D eigenvalue weighted by atomic mass is 28.2. The molecule has 0 nitrogen and oxygen atoms in total. The van der Waals surface area contributed by atoms with Gasteiger partial charge in [0.1, 0.15) is 5.82 Å². The molecule has 0 aliphatic carbocycles. The van der Waals surface area contributed by atoms with E-state index >= 15 is 0 Å². The van der Waals surface area contributed by atoms with Crippen molar-refractivity contribution in [2.24, 2.45) is 0 Å². The van der Waals surface area contributed by atoms with Gasteiger partial charge in [-0.2, -0.15) is 0 Å². The van der Waals surface area contributed by atoms with Crippen LogP contribution in [0.25, 0.3) is 10.8 Å². The highest BCUT2D eigenvalue weighted by Crippen LogP contribution is 2.13. The first-order valence-electron chi connectivity index (χ1n) is 4.17. The van der Waals surface area contributed by atoms with Crippen LogP contribution in [-0.2, 0) is 0 Å². The van der Waals surface area contributed by atoms with E-state index in [0.717, 1.165) is 20.3 Å². The van der Waals surface area contributed by atoms with Gasteiger partial charge in [0.2, 0.25) is 0 Å². The van der Waals surface area contributed by atoms with Crippen molar-refractivity contribution in [1.29, 1.82) is 0 Å². The topological polar surface area (TPSA) is 0 Å². The molecule has 0 amide bonds. The molecule has 0 saturated carbocycles. The van der Waals surface area contributed by atoms with E-state index in [1.165, 1.54) is 11.3 Å². The lowest BCUT2D eigenvalue weighted by molar-refractivity contribution is 0.630. The standard InChI is InChI=1S/C11H9FSi/c1-13-11-5-3-8-2-4-10(12)6-9(8)7-11/h2-7H,1H3. The molecule has 0 aliphatic rings. The van der Waals surface area contributed by atoms with Gasteiger partial charge in [-0.15, -0.1) is 0 Å². The molecule has 0 bridgehead atoms. The summed E-state index contributed by atoms with van der Waals surface area (Å²) in [5, 5.41) is 3.37. The number of fused-ring (bicyclic) bond motifs is 1.